The maximum atomic E-state index is 12.6. The first-order valence-electron chi connectivity index (χ1n) is 9.32. The first-order valence-corrected chi connectivity index (χ1v) is 9.32. The molecule has 1 aliphatic heterocycles. The summed E-state index contributed by atoms with van der Waals surface area (Å²) in [5.74, 6) is 1.29. The van der Waals surface area contributed by atoms with E-state index in [9.17, 15) is 4.79 Å². The molecule has 1 fully saturated rings. The van der Waals surface area contributed by atoms with Crippen molar-refractivity contribution in [2.75, 3.05) is 45.2 Å². The van der Waals surface area contributed by atoms with Crippen LogP contribution in [-0.2, 0) is 6.54 Å². The fourth-order valence-electron chi connectivity index (χ4n) is 3.18. The molecular weight excluding hydrogens is 342 g/mol. The van der Waals surface area contributed by atoms with E-state index < -0.39 is 0 Å². The van der Waals surface area contributed by atoms with Crippen LogP contribution < -0.4 is 14.8 Å². The van der Waals surface area contributed by atoms with Crippen molar-refractivity contribution < 1.29 is 14.3 Å². The molecule has 6 nitrogen and oxygen atoms in total. The lowest BCUT2D eigenvalue weighted by Crippen LogP contribution is -2.49. The van der Waals surface area contributed by atoms with Gasteiger partial charge in [-0.2, -0.15) is 0 Å². The molecule has 0 spiro atoms. The van der Waals surface area contributed by atoms with Crippen molar-refractivity contribution in [3.63, 3.8) is 0 Å². The van der Waals surface area contributed by atoms with Gasteiger partial charge in [-0.3, -0.25) is 4.90 Å². The van der Waals surface area contributed by atoms with Crippen molar-refractivity contribution in [1.29, 1.82) is 0 Å². The molecule has 2 aromatic rings. The molecule has 3 rings (SSSR count). The zero-order valence-electron chi connectivity index (χ0n) is 16.0. The summed E-state index contributed by atoms with van der Waals surface area (Å²) >= 11 is 0. The van der Waals surface area contributed by atoms with E-state index in [-0.39, 0.29) is 6.03 Å². The number of benzene rings is 2. The second-order valence-electron chi connectivity index (χ2n) is 6.48. The monoisotopic (exact) mass is 369 g/mol. The summed E-state index contributed by atoms with van der Waals surface area (Å²) in [5.41, 5.74) is 2.01. The highest BCUT2D eigenvalue weighted by molar-refractivity contribution is 5.89. The smallest absolute Gasteiger partial charge is 0.321 e. The average Bonchev–Trinajstić information content (AvgIpc) is 2.70. The highest BCUT2D eigenvalue weighted by atomic mass is 16.5. The van der Waals surface area contributed by atoms with Crippen molar-refractivity contribution >= 4 is 11.7 Å². The van der Waals surface area contributed by atoms with Crippen LogP contribution >= 0.6 is 0 Å². The number of rotatable bonds is 6. The first-order chi connectivity index (χ1) is 13.2. The second-order valence-corrected chi connectivity index (χ2v) is 6.48. The van der Waals surface area contributed by atoms with Gasteiger partial charge >= 0.3 is 6.03 Å². The normalized spacial score (nSPS) is 14.7. The lowest BCUT2D eigenvalue weighted by atomic mass is 10.2. The van der Waals surface area contributed by atoms with Crippen molar-refractivity contribution in [3.05, 3.63) is 54.1 Å². The molecule has 0 bridgehead atoms. The van der Waals surface area contributed by atoms with Crippen LogP contribution in [0.1, 0.15) is 12.5 Å². The van der Waals surface area contributed by atoms with Crippen LogP contribution in [0.4, 0.5) is 10.5 Å². The lowest BCUT2D eigenvalue weighted by Gasteiger charge is -2.34. The van der Waals surface area contributed by atoms with E-state index in [0.717, 1.165) is 19.6 Å². The molecule has 2 amide bonds. The molecule has 1 saturated heterocycles. The molecule has 1 aliphatic rings. The Morgan fingerprint density at radius 1 is 1.04 bits per heavy atom. The van der Waals surface area contributed by atoms with E-state index >= 15 is 0 Å². The number of hydrogen-bond acceptors (Lipinski definition) is 4. The van der Waals surface area contributed by atoms with Crippen LogP contribution in [0.2, 0.25) is 0 Å². The van der Waals surface area contributed by atoms with Gasteiger partial charge in [0.1, 0.15) is 0 Å². The molecule has 0 saturated carbocycles. The largest absolute Gasteiger partial charge is 0.493 e. The first kappa shape index (κ1) is 19.0. The SMILES string of the molecule is CCOc1cc(NC(=O)N2CCN(Cc3ccccc3)CC2)ccc1OC. The molecule has 0 unspecified atom stereocenters. The second kappa shape index (κ2) is 9.28. The summed E-state index contributed by atoms with van der Waals surface area (Å²) in [7, 11) is 1.60. The minimum absolute atomic E-state index is 0.0815. The van der Waals surface area contributed by atoms with Gasteiger partial charge in [0.2, 0.25) is 0 Å². The van der Waals surface area contributed by atoms with Gasteiger partial charge in [0.05, 0.1) is 13.7 Å². The maximum absolute atomic E-state index is 12.6. The lowest BCUT2D eigenvalue weighted by molar-refractivity contribution is 0.143. The number of methoxy groups -OCH3 is 1. The summed E-state index contributed by atoms with van der Waals surface area (Å²) in [5, 5.41) is 2.96. The van der Waals surface area contributed by atoms with Crippen LogP contribution in [0.25, 0.3) is 0 Å². The Kier molecular flexibility index (Phi) is 6.54. The molecule has 1 N–H and O–H groups in total. The number of urea groups is 1. The summed E-state index contributed by atoms with van der Waals surface area (Å²) < 4.78 is 10.9. The molecule has 144 valence electrons. The number of piperazine rings is 1. The Labute approximate surface area is 160 Å². The summed E-state index contributed by atoms with van der Waals surface area (Å²) in [6.45, 7) is 6.55. The number of hydrogen-bond donors (Lipinski definition) is 1. The topological polar surface area (TPSA) is 54.0 Å². The zero-order chi connectivity index (χ0) is 19.1. The molecule has 0 radical (unpaired) electrons. The van der Waals surface area contributed by atoms with Crippen LogP contribution in [0, 0.1) is 0 Å². The molecular formula is C21H27N3O3. The molecule has 0 aromatic heterocycles. The third-order valence-corrected chi connectivity index (χ3v) is 4.62. The predicted octanol–water partition coefficient (Wildman–Crippen LogP) is 3.44. The van der Waals surface area contributed by atoms with E-state index in [0.29, 0.717) is 36.9 Å². The maximum Gasteiger partial charge on any atom is 0.321 e. The third kappa shape index (κ3) is 5.14. The van der Waals surface area contributed by atoms with Gasteiger partial charge in [0.25, 0.3) is 0 Å². The third-order valence-electron chi connectivity index (χ3n) is 4.62. The minimum atomic E-state index is -0.0815. The van der Waals surface area contributed by atoms with Gasteiger partial charge in [-0.05, 0) is 24.6 Å². The highest BCUT2D eigenvalue weighted by Crippen LogP contribution is 2.30. The summed E-state index contributed by atoms with van der Waals surface area (Å²) in [4.78, 5) is 16.8. The van der Waals surface area contributed by atoms with Gasteiger partial charge < -0.3 is 19.7 Å². The Morgan fingerprint density at radius 3 is 2.44 bits per heavy atom. The van der Waals surface area contributed by atoms with Crippen molar-refractivity contribution in [3.8, 4) is 11.5 Å². The van der Waals surface area contributed by atoms with Gasteiger partial charge in [-0.25, -0.2) is 4.79 Å². The molecule has 0 aliphatic carbocycles. The van der Waals surface area contributed by atoms with E-state index in [2.05, 4.69) is 34.5 Å². The van der Waals surface area contributed by atoms with Crippen LogP contribution in [-0.4, -0.2) is 55.7 Å². The fraction of sp³-hybridized carbons (Fsp3) is 0.381. The van der Waals surface area contributed by atoms with Gasteiger partial charge in [-0.15, -0.1) is 0 Å². The summed E-state index contributed by atoms with van der Waals surface area (Å²) in [6, 6.07) is 15.8. The van der Waals surface area contributed by atoms with E-state index in [1.54, 1.807) is 19.2 Å². The summed E-state index contributed by atoms with van der Waals surface area (Å²) in [6.07, 6.45) is 0. The van der Waals surface area contributed by atoms with Crippen LogP contribution in [0.15, 0.2) is 48.5 Å². The molecule has 1 heterocycles. The number of anilines is 1. The Hall–Kier alpha value is -2.73. The van der Waals surface area contributed by atoms with E-state index in [4.69, 9.17) is 9.47 Å². The number of carbonyl (C=O) groups excluding carboxylic acids is 1. The van der Waals surface area contributed by atoms with Crippen molar-refractivity contribution in [2.45, 2.75) is 13.5 Å². The van der Waals surface area contributed by atoms with E-state index in [1.807, 2.05) is 24.0 Å². The fourth-order valence-corrected chi connectivity index (χ4v) is 3.18. The predicted molar refractivity (Wildman–Crippen MR) is 106 cm³/mol. The Balaban J connectivity index is 1.53. The molecule has 27 heavy (non-hydrogen) atoms. The molecule has 6 heteroatoms. The quantitative estimate of drug-likeness (QED) is 0.847. The highest BCUT2D eigenvalue weighted by Gasteiger charge is 2.21. The van der Waals surface area contributed by atoms with Crippen LogP contribution in [0.3, 0.4) is 0 Å². The minimum Gasteiger partial charge on any atom is -0.493 e. The Morgan fingerprint density at radius 2 is 1.78 bits per heavy atom. The Bertz CT molecular complexity index is 744. The zero-order valence-corrected chi connectivity index (χ0v) is 16.0. The number of amides is 2. The number of nitrogens with zero attached hydrogens (tertiary/aromatic N) is 2. The number of carbonyl (C=O) groups is 1. The van der Waals surface area contributed by atoms with Crippen molar-refractivity contribution in [1.82, 2.24) is 9.80 Å². The van der Waals surface area contributed by atoms with E-state index in [1.165, 1.54) is 5.56 Å². The van der Waals surface area contributed by atoms with Gasteiger partial charge in [0.15, 0.2) is 11.5 Å². The van der Waals surface area contributed by atoms with Gasteiger partial charge in [0, 0.05) is 44.5 Å². The number of ether oxygens (including phenoxy) is 2. The molecule has 0 atom stereocenters. The van der Waals surface area contributed by atoms with Gasteiger partial charge in [-0.1, -0.05) is 30.3 Å². The molecule has 2 aromatic carbocycles. The standard InChI is InChI=1S/C21H27N3O3/c1-3-27-20-15-18(9-10-19(20)26-2)22-21(25)24-13-11-23(12-14-24)16-17-7-5-4-6-8-17/h4-10,15H,3,11-14,16H2,1-2H3,(H,22,25). The van der Waals surface area contributed by atoms with Crippen molar-refractivity contribution in [2.24, 2.45) is 0 Å². The number of nitrogens with one attached hydrogen (secondary N) is 1. The average molecular weight is 369 g/mol. The van der Waals surface area contributed by atoms with Crippen LogP contribution in [0.5, 0.6) is 11.5 Å².